The minimum absolute atomic E-state index is 0. The van der Waals surface area contributed by atoms with Gasteiger partial charge in [-0.2, -0.15) is 0 Å². The average molecular weight is 179 g/mol. The van der Waals surface area contributed by atoms with Crippen LogP contribution < -0.4 is 29.6 Å². The van der Waals surface area contributed by atoms with Crippen LogP contribution in [-0.4, -0.2) is 21.9 Å². The van der Waals surface area contributed by atoms with Gasteiger partial charge in [0.1, 0.15) is 0 Å². The van der Waals surface area contributed by atoms with Crippen LogP contribution in [0, 0.1) is 10.1 Å². The van der Waals surface area contributed by atoms with Crippen LogP contribution >= 0.6 is 0 Å². The first-order chi connectivity index (χ1) is 3.15. The molecule has 0 aromatic rings. The zero-order valence-electron chi connectivity index (χ0n) is 4.94. The molecule has 0 atom stereocenters. The largest absolute Gasteiger partial charge is 1.00 e. The summed E-state index contributed by atoms with van der Waals surface area (Å²) >= 11 is 0. The van der Waals surface area contributed by atoms with E-state index in [0.717, 1.165) is 5.34 Å². The van der Waals surface area contributed by atoms with Crippen LogP contribution in [0.2, 0.25) is 0 Å². The van der Waals surface area contributed by atoms with Crippen molar-refractivity contribution in [1.29, 1.82) is 0 Å². The first-order valence-corrected chi connectivity index (χ1v) is 1.91. The van der Waals surface area contributed by atoms with Gasteiger partial charge in [0.05, 0.1) is 0 Å². The van der Waals surface area contributed by atoms with Crippen LogP contribution in [0.15, 0.2) is 5.34 Å². The molecule has 0 radical (unpaired) electrons. The second-order valence-corrected chi connectivity index (χ2v) is 0.726. The molecule has 0 aliphatic rings. The molecule has 0 spiro atoms. The quantitative estimate of drug-likeness (QED) is 0.102. The van der Waals surface area contributed by atoms with E-state index in [0.29, 0.717) is 0 Å². The summed E-state index contributed by atoms with van der Waals surface area (Å²) in [6.45, 7) is 0. The van der Waals surface area contributed by atoms with Crippen molar-refractivity contribution in [3.05, 3.63) is 10.1 Å². The van der Waals surface area contributed by atoms with Gasteiger partial charge in [-0.3, -0.25) is 0 Å². The van der Waals surface area contributed by atoms with Crippen LogP contribution in [0.3, 0.4) is 0 Å². The Balaban J connectivity index is -0.0000000233. The van der Waals surface area contributed by atoms with E-state index in [4.69, 9.17) is 23.1 Å². The summed E-state index contributed by atoms with van der Waals surface area (Å²) in [5.41, 5.74) is 0. The van der Waals surface area contributed by atoms with E-state index >= 15 is 0 Å². The van der Waals surface area contributed by atoms with Crippen molar-refractivity contribution >= 4 is 28.3 Å². The van der Waals surface area contributed by atoms with Crippen molar-refractivity contribution in [2.75, 3.05) is 0 Å². The molecule has 0 saturated heterocycles. The monoisotopic (exact) mass is 179 g/mol. The molecule has 0 amide bonds. The molecule has 0 rings (SSSR count). The maximum Gasteiger partial charge on any atom is 1.00 e. The van der Waals surface area contributed by atoms with E-state index in [1.54, 1.807) is 0 Å². The molecule has 1 N–H and O–H groups in total. The SMILES string of the molecule is O=N[O-].O=[S-](=O)O.[AlH2+].[Na+]. The Morgan fingerprint density at radius 3 is 1.44 bits per heavy atom. The van der Waals surface area contributed by atoms with Crippen molar-refractivity contribution in [1.82, 2.24) is 0 Å². The fraction of sp³-hybridized carbons (Fsp3) is 0. The van der Waals surface area contributed by atoms with Crippen molar-refractivity contribution < 1.29 is 42.5 Å². The second kappa shape index (κ2) is 23.2. The second-order valence-electron chi connectivity index (χ2n) is 0.292. The Labute approximate surface area is 85.8 Å². The van der Waals surface area contributed by atoms with Crippen molar-refractivity contribution in [2.45, 2.75) is 0 Å². The Morgan fingerprint density at radius 2 is 1.44 bits per heavy atom. The van der Waals surface area contributed by atoms with Gasteiger partial charge in [-0.05, 0) is 0 Å². The number of rotatable bonds is 0. The number of hydrogen-bond acceptors (Lipinski definition) is 6. The molecule has 0 saturated carbocycles. The molecule has 0 aromatic heterocycles. The van der Waals surface area contributed by atoms with Crippen LogP contribution in [0.25, 0.3) is 0 Å². The molecule has 0 bridgehead atoms. The van der Waals surface area contributed by atoms with Crippen molar-refractivity contribution in [3.63, 3.8) is 0 Å². The van der Waals surface area contributed by atoms with Gasteiger partial charge >= 0.3 is 46.9 Å². The number of nitrogens with zero attached hydrogens (tertiary/aromatic N) is 1. The zero-order valence-corrected chi connectivity index (χ0v) is 9.75. The molecule has 9 heteroatoms. The van der Waals surface area contributed by atoms with Gasteiger partial charge < -0.3 is 23.1 Å². The van der Waals surface area contributed by atoms with Gasteiger partial charge in [-0.15, -0.1) is 5.34 Å². The van der Waals surface area contributed by atoms with Gasteiger partial charge in [0.25, 0.3) is 0 Å². The molecule has 0 aliphatic heterocycles. The van der Waals surface area contributed by atoms with Crippen LogP contribution in [0.1, 0.15) is 0 Å². The van der Waals surface area contributed by atoms with Gasteiger partial charge in [-0.1, -0.05) is 0 Å². The smallest absolute Gasteiger partial charge is 1.00 e. The summed E-state index contributed by atoms with van der Waals surface area (Å²) < 4.78 is 24.1. The zero-order chi connectivity index (χ0) is 6.28. The minimum atomic E-state index is -2.86. The minimum Gasteiger partial charge on any atom is 1.00 e. The Hall–Kier alpha value is 0.842. The van der Waals surface area contributed by atoms with E-state index in [1.807, 2.05) is 0 Å². The number of hydrogen-bond donors (Lipinski definition) is 1. The molecule has 0 aromatic carbocycles. The van der Waals surface area contributed by atoms with Crippen LogP contribution in [-0.2, 0) is 19.4 Å². The third-order valence-corrected chi connectivity index (χ3v) is 0. The summed E-state index contributed by atoms with van der Waals surface area (Å²) in [5, 5.41) is 9.00. The average Bonchev–Trinajstić information content (AvgIpc) is 1.33. The molecular formula is H3AlNNaO5S. The predicted octanol–water partition coefficient (Wildman–Crippen LogP) is -3.89. The maximum atomic E-state index is 8.56. The summed E-state index contributed by atoms with van der Waals surface area (Å²) in [5.74, 6) is 0. The van der Waals surface area contributed by atoms with E-state index < -0.39 is 11.0 Å². The van der Waals surface area contributed by atoms with Crippen LogP contribution in [0.5, 0.6) is 0 Å². The van der Waals surface area contributed by atoms with Gasteiger partial charge in [0.2, 0.25) is 0 Å². The van der Waals surface area contributed by atoms with E-state index in [2.05, 4.69) is 0 Å². The molecule has 0 unspecified atom stereocenters. The van der Waals surface area contributed by atoms with Gasteiger partial charge in [-0.25, -0.2) is 0 Å². The Bertz CT molecular complexity index is 93.1. The summed E-state index contributed by atoms with van der Waals surface area (Å²) in [7, 11) is -2.86. The standard InChI is InChI=1S/Al.HNO2.Na.HO3S.2H/c;2-1-3;;1-4(2)3;;/h;(H,2,3);;(H,1,2,3);;/q+1;;+1;-1;;/p-1. The van der Waals surface area contributed by atoms with E-state index in [1.165, 1.54) is 0 Å². The Morgan fingerprint density at radius 1 is 1.44 bits per heavy atom. The van der Waals surface area contributed by atoms with Gasteiger partial charge in [0.15, 0.2) is 0 Å². The normalized spacial score (nSPS) is 5.11. The van der Waals surface area contributed by atoms with E-state index in [-0.39, 0.29) is 46.9 Å². The first-order valence-electron chi connectivity index (χ1n) is 0.881. The van der Waals surface area contributed by atoms with Gasteiger partial charge in [0, 0.05) is 11.0 Å². The fourth-order valence-electron chi connectivity index (χ4n) is 0. The van der Waals surface area contributed by atoms with Crippen molar-refractivity contribution in [3.8, 4) is 0 Å². The molecule has 6 nitrogen and oxygen atoms in total. The maximum absolute atomic E-state index is 8.56. The van der Waals surface area contributed by atoms with E-state index in [9.17, 15) is 0 Å². The van der Waals surface area contributed by atoms with Crippen LogP contribution in [0.4, 0.5) is 0 Å². The molecule has 48 valence electrons. The third kappa shape index (κ3) is 583. The molecule has 0 heterocycles. The summed E-state index contributed by atoms with van der Waals surface area (Å²) in [6, 6.07) is 0. The Kier molecular flexibility index (Phi) is 58.1. The third-order valence-electron chi connectivity index (χ3n) is 0. The summed E-state index contributed by atoms with van der Waals surface area (Å²) in [4.78, 5) is 8.00. The predicted molar refractivity (Wildman–Crippen MR) is 29.1 cm³/mol. The topological polar surface area (TPSA) is 107 Å². The summed E-state index contributed by atoms with van der Waals surface area (Å²) in [6.07, 6.45) is 0. The molecule has 0 aliphatic carbocycles. The fourth-order valence-corrected chi connectivity index (χ4v) is 0. The van der Waals surface area contributed by atoms with Crippen molar-refractivity contribution in [2.24, 2.45) is 5.34 Å². The molecule has 9 heavy (non-hydrogen) atoms. The molecular weight excluding hydrogens is 176 g/mol. The first kappa shape index (κ1) is 22.5. The molecule has 0 fully saturated rings.